The number of aromatic nitrogens is 2. The van der Waals surface area contributed by atoms with Crippen LogP contribution >= 0.6 is 12.4 Å². The minimum absolute atomic E-state index is 0. The summed E-state index contributed by atoms with van der Waals surface area (Å²) in [6.45, 7) is 5.34. The molecule has 0 radical (unpaired) electrons. The van der Waals surface area contributed by atoms with Crippen LogP contribution in [0.5, 0.6) is 0 Å². The van der Waals surface area contributed by atoms with Gasteiger partial charge in [0.05, 0.1) is 11.4 Å². The van der Waals surface area contributed by atoms with Crippen LogP contribution in [-0.2, 0) is 0 Å². The first-order chi connectivity index (χ1) is 10.6. The normalized spacial score (nSPS) is 17.2. The molecule has 1 atom stereocenters. The average Bonchev–Trinajstić information content (AvgIpc) is 3.12. The SMILES string of the molecule is Cc1cc(C)n(-c2ccc(C(=O)N3CCCC3CN)cc2)n1.Cl. The van der Waals surface area contributed by atoms with Gasteiger partial charge in [-0.05, 0) is 57.0 Å². The highest BCUT2D eigenvalue weighted by atomic mass is 35.5. The van der Waals surface area contributed by atoms with E-state index in [9.17, 15) is 4.79 Å². The minimum atomic E-state index is 0. The molecule has 3 rings (SSSR count). The third-order valence-corrected chi connectivity index (χ3v) is 4.28. The Bertz CT molecular complexity index is 680. The van der Waals surface area contributed by atoms with Gasteiger partial charge in [0.25, 0.3) is 5.91 Å². The number of amides is 1. The standard InChI is InChI=1S/C17H22N4O.ClH/c1-12-10-13(2)21(19-12)15-7-5-14(6-8-15)17(22)20-9-3-4-16(20)11-18;/h5-8,10,16H,3-4,9,11,18H2,1-2H3;1H. The van der Waals surface area contributed by atoms with Crippen molar-refractivity contribution in [3.63, 3.8) is 0 Å². The molecule has 2 aromatic rings. The summed E-state index contributed by atoms with van der Waals surface area (Å²) in [5.41, 5.74) is 9.51. The van der Waals surface area contributed by atoms with Crippen molar-refractivity contribution in [3.8, 4) is 5.69 Å². The van der Waals surface area contributed by atoms with Gasteiger partial charge in [0.15, 0.2) is 0 Å². The number of carbonyl (C=O) groups is 1. The van der Waals surface area contributed by atoms with E-state index in [4.69, 9.17) is 5.73 Å². The molecule has 5 nitrogen and oxygen atoms in total. The van der Waals surface area contributed by atoms with Crippen molar-refractivity contribution in [2.75, 3.05) is 13.1 Å². The average molecular weight is 335 g/mol. The zero-order valence-corrected chi connectivity index (χ0v) is 14.3. The molecule has 1 aromatic heterocycles. The van der Waals surface area contributed by atoms with E-state index in [-0.39, 0.29) is 24.4 Å². The summed E-state index contributed by atoms with van der Waals surface area (Å²) in [5, 5.41) is 4.46. The van der Waals surface area contributed by atoms with Crippen molar-refractivity contribution in [1.29, 1.82) is 0 Å². The zero-order valence-electron chi connectivity index (χ0n) is 13.5. The van der Waals surface area contributed by atoms with Crippen LogP contribution < -0.4 is 5.73 Å². The number of aryl methyl sites for hydroxylation is 2. The Morgan fingerprint density at radius 3 is 2.57 bits per heavy atom. The number of carbonyl (C=O) groups excluding carboxylic acids is 1. The summed E-state index contributed by atoms with van der Waals surface area (Å²) in [7, 11) is 0. The molecule has 1 unspecified atom stereocenters. The number of rotatable bonds is 3. The predicted molar refractivity (Wildman–Crippen MR) is 93.4 cm³/mol. The maximum absolute atomic E-state index is 12.6. The number of halogens is 1. The summed E-state index contributed by atoms with van der Waals surface area (Å²) in [5.74, 6) is 0.0767. The summed E-state index contributed by atoms with van der Waals surface area (Å²) in [6.07, 6.45) is 2.05. The summed E-state index contributed by atoms with van der Waals surface area (Å²) >= 11 is 0. The van der Waals surface area contributed by atoms with E-state index in [1.165, 1.54) is 0 Å². The Morgan fingerprint density at radius 1 is 1.30 bits per heavy atom. The first kappa shape index (κ1) is 17.5. The molecule has 0 spiro atoms. The molecule has 1 saturated heterocycles. The molecule has 1 aromatic carbocycles. The topological polar surface area (TPSA) is 64.2 Å². The van der Waals surface area contributed by atoms with Gasteiger partial charge in [0, 0.05) is 30.4 Å². The second-order valence-corrected chi connectivity index (χ2v) is 5.92. The summed E-state index contributed by atoms with van der Waals surface area (Å²) in [6, 6.07) is 9.86. The van der Waals surface area contributed by atoms with Gasteiger partial charge in [-0.15, -0.1) is 12.4 Å². The molecule has 23 heavy (non-hydrogen) atoms. The Hall–Kier alpha value is -1.85. The minimum Gasteiger partial charge on any atom is -0.334 e. The van der Waals surface area contributed by atoms with Crippen molar-refractivity contribution < 1.29 is 4.79 Å². The summed E-state index contributed by atoms with van der Waals surface area (Å²) < 4.78 is 1.89. The Morgan fingerprint density at radius 2 is 2.00 bits per heavy atom. The van der Waals surface area contributed by atoms with Gasteiger partial charge in [-0.3, -0.25) is 4.79 Å². The first-order valence-electron chi connectivity index (χ1n) is 7.75. The van der Waals surface area contributed by atoms with E-state index < -0.39 is 0 Å². The number of hydrogen-bond acceptors (Lipinski definition) is 3. The van der Waals surface area contributed by atoms with Crippen LogP contribution in [0.4, 0.5) is 0 Å². The number of nitrogens with two attached hydrogens (primary N) is 1. The van der Waals surface area contributed by atoms with Gasteiger partial charge in [-0.1, -0.05) is 0 Å². The van der Waals surface area contributed by atoms with Crippen LogP contribution in [0.2, 0.25) is 0 Å². The van der Waals surface area contributed by atoms with Crippen LogP contribution in [0.3, 0.4) is 0 Å². The second kappa shape index (κ2) is 7.15. The van der Waals surface area contributed by atoms with Gasteiger partial charge in [0.1, 0.15) is 0 Å². The lowest BCUT2D eigenvalue weighted by Gasteiger charge is -2.23. The highest BCUT2D eigenvalue weighted by Gasteiger charge is 2.28. The van der Waals surface area contributed by atoms with Gasteiger partial charge in [0.2, 0.25) is 0 Å². The van der Waals surface area contributed by atoms with Crippen molar-refractivity contribution in [1.82, 2.24) is 14.7 Å². The molecule has 1 aliphatic heterocycles. The lowest BCUT2D eigenvalue weighted by atomic mass is 10.1. The van der Waals surface area contributed by atoms with E-state index in [1.807, 2.05) is 53.8 Å². The molecular weight excluding hydrogens is 312 g/mol. The monoisotopic (exact) mass is 334 g/mol. The molecule has 0 aliphatic carbocycles. The van der Waals surface area contributed by atoms with Crippen LogP contribution in [-0.4, -0.2) is 39.7 Å². The third kappa shape index (κ3) is 3.41. The van der Waals surface area contributed by atoms with E-state index in [2.05, 4.69) is 5.10 Å². The van der Waals surface area contributed by atoms with Crippen LogP contribution in [0, 0.1) is 13.8 Å². The summed E-state index contributed by atoms with van der Waals surface area (Å²) in [4.78, 5) is 14.5. The van der Waals surface area contributed by atoms with E-state index in [1.54, 1.807) is 0 Å². The van der Waals surface area contributed by atoms with Crippen molar-refractivity contribution >= 4 is 18.3 Å². The Kier molecular flexibility index (Phi) is 5.44. The van der Waals surface area contributed by atoms with Gasteiger partial charge >= 0.3 is 0 Å². The quantitative estimate of drug-likeness (QED) is 0.937. The van der Waals surface area contributed by atoms with Gasteiger partial charge in [-0.25, -0.2) is 4.68 Å². The smallest absolute Gasteiger partial charge is 0.254 e. The fourth-order valence-corrected chi connectivity index (χ4v) is 3.15. The molecule has 124 valence electrons. The maximum Gasteiger partial charge on any atom is 0.254 e. The fourth-order valence-electron chi connectivity index (χ4n) is 3.15. The molecule has 0 saturated carbocycles. The number of nitrogens with zero attached hydrogens (tertiary/aromatic N) is 3. The Labute approximate surface area is 142 Å². The largest absolute Gasteiger partial charge is 0.334 e. The Balaban J connectivity index is 0.00000192. The highest BCUT2D eigenvalue weighted by molar-refractivity contribution is 5.94. The second-order valence-electron chi connectivity index (χ2n) is 5.92. The van der Waals surface area contributed by atoms with E-state index >= 15 is 0 Å². The van der Waals surface area contributed by atoms with Crippen molar-refractivity contribution in [2.24, 2.45) is 5.73 Å². The molecular formula is C17H23ClN4O. The molecule has 1 aliphatic rings. The number of likely N-dealkylation sites (tertiary alicyclic amines) is 1. The zero-order chi connectivity index (χ0) is 15.7. The maximum atomic E-state index is 12.6. The molecule has 2 heterocycles. The van der Waals surface area contributed by atoms with Crippen LogP contribution in [0.1, 0.15) is 34.6 Å². The molecule has 0 bridgehead atoms. The molecule has 6 heteroatoms. The van der Waals surface area contributed by atoms with Crippen LogP contribution in [0.15, 0.2) is 30.3 Å². The fraction of sp³-hybridized carbons (Fsp3) is 0.412. The third-order valence-electron chi connectivity index (χ3n) is 4.28. The van der Waals surface area contributed by atoms with Gasteiger partial charge < -0.3 is 10.6 Å². The molecule has 2 N–H and O–H groups in total. The van der Waals surface area contributed by atoms with Crippen molar-refractivity contribution in [3.05, 3.63) is 47.3 Å². The number of hydrogen-bond donors (Lipinski definition) is 1. The van der Waals surface area contributed by atoms with Crippen molar-refractivity contribution in [2.45, 2.75) is 32.7 Å². The highest BCUT2D eigenvalue weighted by Crippen LogP contribution is 2.20. The molecule has 1 fully saturated rings. The first-order valence-corrected chi connectivity index (χ1v) is 7.75. The lowest BCUT2D eigenvalue weighted by molar-refractivity contribution is 0.0741. The predicted octanol–water partition coefficient (Wildman–Crippen LogP) is 2.47. The molecule has 1 amide bonds. The number of benzene rings is 1. The van der Waals surface area contributed by atoms with Crippen LogP contribution in [0.25, 0.3) is 5.69 Å². The van der Waals surface area contributed by atoms with E-state index in [0.717, 1.165) is 36.5 Å². The lowest BCUT2D eigenvalue weighted by Crippen LogP contribution is -2.39. The van der Waals surface area contributed by atoms with E-state index in [0.29, 0.717) is 12.1 Å². The van der Waals surface area contributed by atoms with Gasteiger partial charge in [-0.2, -0.15) is 5.10 Å².